The second-order valence-electron chi connectivity index (χ2n) is 4.56. The van der Waals surface area contributed by atoms with Crippen LogP contribution in [0.5, 0.6) is 0 Å². The van der Waals surface area contributed by atoms with Crippen molar-refractivity contribution in [3.8, 4) is 0 Å². The van der Waals surface area contributed by atoms with Crippen LogP contribution in [0.3, 0.4) is 0 Å². The number of hydrogen-bond donors (Lipinski definition) is 2. The van der Waals surface area contributed by atoms with Crippen LogP contribution in [0, 0.1) is 0 Å². The van der Waals surface area contributed by atoms with Gasteiger partial charge in [0, 0.05) is 19.1 Å². The molecule has 0 aromatic carbocycles. The number of hydrogen-bond acceptors (Lipinski definition) is 3. The van der Waals surface area contributed by atoms with Gasteiger partial charge in [0.25, 0.3) is 0 Å². The van der Waals surface area contributed by atoms with Crippen LogP contribution in [-0.2, 0) is 4.79 Å². The topological polar surface area (TPSA) is 44.4 Å². The molecule has 0 bridgehead atoms. The van der Waals surface area contributed by atoms with Gasteiger partial charge in [-0.1, -0.05) is 13.0 Å². The zero-order valence-electron chi connectivity index (χ0n) is 10.9. The van der Waals surface area contributed by atoms with Crippen LogP contribution in [0.2, 0.25) is 0 Å². The monoisotopic (exact) mass is 239 g/mol. The molecule has 1 rings (SSSR count). The van der Waals surface area contributed by atoms with Crippen molar-refractivity contribution < 1.29 is 4.79 Å². The third-order valence-corrected chi connectivity index (χ3v) is 3.09. The van der Waals surface area contributed by atoms with Crippen molar-refractivity contribution in [1.82, 2.24) is 15.5 Å². The Morgan fingerprint density at radius 2 is 2.47 bits per heavy atom. The SMILES string of the molecule is C=CCNC(=O)CN(CCC)C1CCCNC1. The first-order valence-electron chi connectivity index (χ1n) is 6.60. The standard InChI is InChI=1S/C13H25N3O/c1-3-7-15-13(17)11-16(9-4-2)12-6-5-8-14-10-12/h3,12,14H,1,4-11H2,2H3,(H,15,17). The minimum absolute atomic E-state index is 0.101. The molecule has 0 saturated carbocycles. The lowest BCUT2D eigenvalue weighted by atomic mass is 10.1. The van der Waals surface area contributed by atoms with E-state index in [-0.39, 0.29) is 5.91 Å². The van der Waals surface area contributed by atoms with E-state index in [1.807, 2.05) is 0 Å². The molecule has 4 nitrogen and oxygen atoms in total. The summed E-state index contributed by atoms with van der Waals surface area (Å²) >= 11 is 0. The Hall–Kier alpha value is -0.870. The maximum absolute atomic E-state index is 11.7. The molecule has 0 radical (unpaired) electrons. The fourth-order valence-corrected chi connectivity index (χ4v) is 2.25. The zero-order chi connectivity index (χ0) is 12.5. The molecule has 0 spiro atoms. The summed E-state index contributed by atoms with van der Waals surface area (Å²) in [5, 5.41) is 6.24. The van der Waals surface area contributed by atoms with Crippen molar-refractivity contribution in [2.75, 3.05) is 32.7 Å². The Labute approximate surface area is 104 Å². The van der Waals surface area contributed by atoms with Crippen LogP contribution >= 0.6 is 0 Å². The summed E-state index contributed by atoms with van der Waals surface area (Å²) in [6.45, 7) is 9.94. The van der Waals surface area contributed by atoms with Crippen LogP contribution < -0.4 is 10.6 Å². The molecule has 1 fully saturated rings. The fourth-order valence-electron chi connectivity index (χ4n) is 2.25. The normalized spacial score (nSPS) is 20.2. The summed E-state index contributed by atoms with van der Waals surface area (Å²) in [5.41, 5.74) is 0. The Kier molecular flexibility index (Phi) is 6.89. The molecule has 0 aromatic heterocycles. The summed E-state index contributed by atoms with van der Waals surface area (Å²) in [4.78, 5) is 14.0. The summed E-state index contributed by atoms with van der Waals surface area (Å²) in [7, 11) is 0. The Balaban J connectivity index is 2.40. The van der Waals surface area contributed by atoms with Gasteiger partial charge in [0.2, 0.25) is 5.91 Å². The predicted octanol–water partition coefficient (Wildman–Crippen LogP) is 0.753. The maximum Gasteiger partial charge on any atom is 0.234 e. The van der Waals surface area contributed by atoms with E-state index < -0.39 is 0 Å². The highest BCUT2D eigenvalue weighted by molar-refractivity contribution is 5.78. The van der Waals surface area contributed by atoms with E-state index >= 15 is 0 Å². The van der Waals surface area contributed by atoms with E-state index in [4.69, 9.17) is 0 Å². The number of amides is 1. The van der Waals surface area contributed by atoms with Gasteiger partial charge in [-0.2, -0.15) is 0 Å². The lowest BCUT2D eigenvalue weighted by Crippen LogP contribution is -2.49. The molecule has 98 valence electrons. The van der Waals surface area contributed by atoms with Crippen molar-refractivity contribution in [3.63, 3.8) is 0 Å². The van der Waals surface area contributed by atoms with Gasteiger partial charge in [-0.15, -0.1) is 6.58 Å². The van der Waals surface area contributed by atoms with E-state index in [1.54, 1.807) is 6.08 Å². The highest BCUT2D eigenvalue weighted by atomic mass is 16.2. The number of nitrogens with zero attached hydrogens (tertiary/aromatic N) is 1. The minimum atomic E-state index is 0.101. The van der Waals surface area contributed by atoms with Gasteiger partial charge in [-0.05, 0) is 32.4 Å². The fraction of sp³-hybridized carbons (Fsp3) is 0.769. The van der Waals surface area contributed by atoms with Gasteiger partial charge in [-0.25, -0.2) is 0 Å². The van der Waals surface area contributed by atoms with Gasteiger partial charge in [0.15, 0.2) is 0 Å². The van der Waals surface area contributed by atoms with Crippen molar-refractivity contribution in [1.29, 1.82) is 0 Å². The molecule has 1 atom stereocenters. The average Bonchev–Trinajstić information content (AvgIpc) is 2.37. The number of piperidine rings is 1. The van der Waals surface area contributed by atoms with Crippen LogP contribution in [0.4, 0.5) is 0 Å². The van der Waals surface area contributed by atoms with Gasteiger partial charge < -0.3 is 10.6 Å². The molecule has 1 aliphatic rings. The molecule has 1 heterocycles. The first-order chi connectivity index (χ1) is 8.27. The second-order valence-corrected chi connectivity index (χ2v) is 4.56. The molecule has 0 aromatic rings. The quantitative estimate of drug-likeness (QED) is 0.645. The van der Waals surface area contributed by atoms with Gasteiger partial charge in [0.1, 0.15) is 0 Å². The largest absolute Gasteiger partial charge is 0.352 e. The molecule has 1 amide bonds. The molecule has 1 unspecified atom stereocenters. The third-order valence-electron chi connectivity index (χ3n) is 3.09. The van der Waals surface area contributed by atoms with Crippen molar-refractivity contribution in [3.05, 3.63) is 12.7 Å². The Morgan fingerprint density at radius 1 is 1.65 bits per heavy atom. The van der Waals surface area contributed by atoms with E-state index in [9.17, 15) is 4.79 Å². The molecule has 17 heavy (non-hydrogen) atoms. The smallest absolute Gasteiger partial charge is 0.234 e. The van der Waals surface area contributed by atoms with Crippen molar-refractivity contribution >= 4 is 5.91 Å². The van der Waals surface area contributed by atoms with Crippen LogP contribution in [0.15, 0.2) is 12.7 Å². The molecule has 1 aliphatic heterocycles. The van der Waals surface area contributed by atoms with Crippen molar-refractivity contribution in [2.24, 2.45) is 0 Å². The van der Waals surface area contributed by atoms with Gasteiger partial charge in [0.05, 0.1) is 6.54 Å². The average molecular weight is 239 g/mol. The summed E-state index contributed by atoms with van der Waals surface area (Å²) in [5.74, 6) is 0.101. The Bertz CT molecular complexity index is 237. The number of carbonyl (C=O) groups is 1. The molecule has 4 heteroatoms. The molecule has 0 aliphatic carbocycles. The summed E-state index contributed by atoms with van der Waals surface area (Å²) < 4.78 is 0. The summed E-state index contributed by atoms with van der Waals surface area (Å²) in [6.07, 6.45) is 5.20. The predicted molar refractivity (Wildman–Crippen MR) is 71.0 cm³/mol. The van der Waals surface area contributed by atoms with E-state index in [0.29, 0.717) is 19.1 Å². The lowest BCUT2D eigenvalue weighted by molar-refractivity contribution is -0.122. The highest BCUT2D eigenvalue weighted by Crippen LogP contribution is 2.10. The summed E-state index contributed by atoms with van der Waals surface area (Å²) in [6, 6.07) is 0.512. The van der Waals surface area contributed by atoms with Crippen LogP contribution in [0.1, 0.15) is 26.2 Å². The highest BCUT2D eigenvalue weighted by Gasteiger charge is 2.21. The maximum atomic E-state index is 11.7. The van der Waals surface area contributed by atoms with Gasteiger partial charge in [-0.3, -0.25) is 9.69 Å². The molecular weight excluding hydrogens is 214 g/mol. The minimum Gasteiger partial charge on any atom is -0.352 e. The van der Waals surface area contributed by atoms with Crippen LogP contribution in [-0.4, -0.2) is 49.6 Å². The first kappa shape index (κ1) is 14.2. The molecular formula is C13H25N3O. The zero-order valence-corrected chi connectivity index (χ0v) is 10.9. The third kappa shape index (κ3) is 5.33. The number of carbonyl (C=O) groups excluding carboxylic acids is 1. The first-order valence-corrected chi connectivity index (χ1v) is 6.60. The van der Waals surface area contributed by atoms with E-state index in [2.05, 4.69) is 29.0 Å². The lowest BCUT2D eigenvalue weighted by Gasteiger charge is -2.34. The van der Waals surface area contributed by atoms with Gasteiger partial charge >= 0.3 is 0 Å². The van der Waals surface area contributed by atoms with E-state index in [0.717, 1.165) is 26.1 Å². The Morgan fingerprint density at radius 3 is 3.06 bits per heavy atom. The molecule has 2 N–H and O–H groups in total. The number of nitrogens with one attached hydrogen (secondary N) is 2. The van der Waals surface area contributed by atoms with E-state index in [1.165, 1.54) is 12.8 Å². The number of rotatable bonds is 7. The molecule has 1 saturated heterocycles. The van der Waals surface area contributed by atoms with Crippen molar-refractivity contribution in [2.45, 2.75) is 32.2 Å². The van der Waals surface area contributed by atoms with Crippen LogP contribution in [0.25, 0.3) is 0 Å². The second kappa shape index (κ2) is 8.25.